The SMILES string of the molecule is O=C(O)CCC(=O)N1CCN2c3ncc(-c4cc(Cl)cc(OC(F)F)c4)cc3N(S(=O)(=O)c3cccc(C(F)(F)F)c3)C[C@@H]2C1. The lowest BCUT2D eigenvalue weighted by Gasteiger charge is -2.48. The van der Waals surface area contributed by atoms with Gasteiger partial charge in [0.1, 0.15) is 5.75 Å². The molecule has 2 aliphatic rings. The third kappa shape index (κ3) is 6.91. The number of carboxylic acid groups (broad SMARTS) is 1. The van der Waals surface area contributed by atoms with Crippen molar-refractivity contribution >= 4 is 45.0 Å². The summed E-state index contributed by atoms with van der Waals surface area (Å²) in [6.07, 6.45) is -4.11. The summed E-state index contributed by atoms with van der Waals surface area (Å²) in [6.45, 7) is -3.06. The molecule has 1 aromatic heterocycles. The lowest BCUT2D eigenvalue weighted by atomic mass is 10.0. The van der Waals surface area contributed by atoms with Crippen LogP contribution in [0.2, 0.25) is 5.02 Å². The second-order valence-electron chi connectivity index (χ2n) is 10.3. The van der Waals surface area contributed by atoms with Crippen LogP contribution < -0.4 is 13.9 Å². The first kappa shape index (κ1) is 32.2. The molecule has 10 nitrogen and oxygen atoms in total. The second-order valence-corrected chi connectivity index (χ2v) is 12.6. The molecule has 0 spiro atoms. The molecule has 1 N–H and O–H groups in total. The predicted octanol–water partition coefficient (Wildman–Crippen LogP) is 5.11. The average molecular weight is 675 g/mol. The van der Waals surface area contributed by atoms with Crippen molar-refractivity contribution < 1.29 is 49.8 Å². The Balaban J connectivity index is 1.59. The Bertz CT molecular complexity index is 1740. The Kier molecular flexibility index (Phi) is 8.81. The van der Waals surface area contributed by atoms with Gasteiger partial charge in [0.15, 0.2) is 5.82 Å². The van der Waals surface area contributed by atoms with Crippen molar-refractivity contribution in [3.8, 4) is 16.9 Å². The number of aliphatic carboxylic acids is 1. The number of hydrogen-bond donors (Lipinski definition) is 1. The highest BCUT2D eigenvalue weighted by Gasteiger charge is 2.42. The Morgan fingerprint density at radius 2 is 1.80 bits per heavy atom. The molecular formula is C28H24ClF5N4O6S. The predicted molar refractivity (Wildman–Crippen MR) is 152 cm³/mol. The number of fused-ring (bicyclic) bond motifs is 3. The van der Waals surface area contributed by atoms with Gasteiger partial charge in [0.05, 0.1) is 35.2 Å². The second kappa shape index (κ2) is 12.3. The molecule has 5 rings (SSSR count). The molecule has 3 heterocycles. The van der Waals surface area contributed by atoms with Gasteiger partial charge in [0.2, 0.25) is 5.91 Å². The molecular weight excluding hydrogens is 651 g/mol. The number of nitrogens with zero attached hydrogens (tertiary/aromatic N) is 4. The lowest BCUT2D eigenvalue weighted by Crippen LogP contribution is -2.61. The minimum atomic E-state index is -4.82. The zero-order chi connectivity index (χ0) is 32.7. The summed E-state index contributed by atoms with van der Waals surface area (Å²) >= 11 is 6.11. The Morgan fingerprint density at radius 3 is 2.49 bits per heavy atom. The number of carbonyl (C=O) groups excluding carboxylic acids is 1. The van der Waals surface area contributed by atoms with Crippen LogP contribution in [0, 0.1) is 0 Å². The number of aromatic nitrogens is 1. The van der Waals surface area contributed by atoms with Gasteiger partial charge in [-0.05, 0) is 48.0 Å². The number of amides is 1. The van der Waals surface area contributed by atoms with Crippen molar-refractivity contribution in [2.24, 2.45) is 0 Å². The summed E-state index contributed by atoms with van der Waals surface area (Å²) < 4.78 is 99.7. The molecule has 3 aromatic rings. The molecule has 2 aromatic carbocycles. The lowest BCUT2D eigenvalue weighted by molar-refractivity contribution is -0.141. The minimum Gasteiger partial charge on any atom is -0.481 e. The van der Waals surface area contributed by atoms with Crippen LogP contribution in [0.15, 0.2) is 59.6 Å². The quantitative estimate of drug-likeness (QED) is 0.328. The van der Waals surface area contributed by atoms with Crippen LogP contribution in [0.25, 0.3) is 11.1 Å². The first-order valence-electron chi connectivity index (χ1n) is 13.4. The van der Waals surface area contributed by atoms with Crippen LogP contribution in [-0.2, 0) is 25.8 Å². The number of alkyl halides is 5. The summed E-state index contributed by atoms with van der Waals surface area (Å²) in [6, 6.07) is 7.82. The van der Waals surface area contributed by atoms with Crippen molar-refractivity contribution in [3.05, 3.63) is 65.3 Å². The van der Waals surface area contributed by atoms with Crippen molar-refractivity contribution in [1.82, 2.24) is 9.88 Å². The standard InChI is InChI=1S/C28H24ClF5N4O6S/c29-19-8-16(9-21(12-19)44-27(30)31)17-10-23-26(35-13-17)37-7-6-36(24(39)4-5-25(40)41)14-20(37)15-38(23)45(42,43)22-3-1-2-18(11-22)28(32,33)34/h1-3,8-13,20,27H,4-7,14-15H2,(H,40,41)/t20-/m0/s1. The maximum absolute atomic E-state index is 14.0. The van der Waals surface area contributed by atoms with Crippen molar-refractivity contribution in [3.63, 3.8) is 0 Å². The highest BCUT2D eigenvalue weighted by Crippen LogP contribution is 2.42. The zero-order valence-corrected chi connectivity index (χ0v) is 24.6. The van der Waals surface area contributed by atoms with Gasteiger partial charge in [-0.2, -0.15) is 22.0 Å². The molecule has 17 heteroatoms. The van der Waals surface area contributed by atoms with Crippen LogP contribution in [0.5, 0.6) is 5.75 Å². The van der Waals surface area contributed by atoms with Crippen LogP contribution in [0.1, 0.15) is 18.4 Å². The van der Waals surface area contributed by atoms with E-state index in [2.05, 4.69) is 9.72 Å². The number of rotatable bonds is 8. The average Bonchev–Trinajstić information content (AvgIpc) is 2.97. The molecule has 0 saturated carbocycles. The number of ether oxygens (including phenoxy) is 1. The Morgan fingerprint density at radius 1 is 1.04 bits per heavy atom. The van der Waals surface area contributed by atoms with Gasteiger partial charge in [-0.3, -0.25) is 13.9 Å². The molecule has 2 aliphatic heterocycles. The topological polar surface area (TPSA) is 120 Å². The van der Waals surface area contributed by atoms with E-state index in [4.69, 9.17) is 16.7 Å². The molecule has 0 aliphatic carbocycles. The third-order valence-electron chi connectivity index (χ3n) is 7.33. The fourth-order valence-electron chi connectivity index (χ4n) is 5.28. The van der Waals surface area contributed by atoms with Gasteiger partial charge in [-0.1, -0.05) is 17.7 Å². The number of sulfonamides is 1. The highest BCUT2D eigenvalue weighted by atomic mass is 35.5. The number of pyridine rings is 1. The van der Waals surface area contributed by atoms with E-state index in [0.717, 1.165) is 28.6 Å². The molecule has 0 bridgehead atoms. The largest absolute Gasteiger partial charge is 0.481 e. The van der Waals surface area contributed by atoms with Crippen molar-refractivity contribution in [2.75, 3.05) is 35.4 Å². The number of halogens is 6. The summed E-state index contributed by atoms with van der Waals surface area (Å²) in [5, 5.41) is 8.99. The van der Waals surface area contributed by atoms with Crippen LogP contribution in [-0.4, -0.2) is 74.1 Å². The fraction of sp³-hybridized carbons (Fsp3) is 0.321. The molecule has 0 unspecified atom stereocenters. The number of carbonyl (C=O) groups is 2. The number of hydrogen-bond acceptors (Lipinski definition) is 7. The van der Waals surface area contributed by atoms with E-state index in [1.165, 1.54) is 29.3 Å². The Labute approximate surface area is 258 Å². The van der Waals surface area contributed by atoms with Gasteiger partial charge < -0.3 is 19.6 Å². The van der Waals surface area contributed by atoms with E-state index in [1.54, 1.807) is 4.90 Å². The summed E-state index contributed by atoms with van der Waals surface area (Å²) in [5.74, 6) is -1.70. The fourth-order valence-corrected chi connectivity index (χ4v) is 7.04. The maximum atomic E-state index is 14.0. The summed E-state index contributed by atoms with van der Waals surface area (Å²) in [4.78, 5) is 30.7. The van der Waals surface area contributed by atoms with Crippen LogP contribution in [0.3, 0.4) is 0 Å². The smallest absolute Gasteiger partial charge is 0.416 e. The van der Waals surface area contributed by atoms with Gasteiger partial charge in [-0.25, -0.2) is 13.4 Å². The van der Waals surface area contributed by atoms with E-state index in [0.29, 0.717) is 6.07 Å². The molecule has 45 heavy (non-hydrogen) atoms. The van der Waals surface area contributed by atoms with E-state index >= 15 is 0 Å². The third-order valence-corrected chi connectivity index (χ3v) is 9.33. The monoisotopic (exact) mass is 674 g/mol. The minimum absolute atomic E-state index is 0.00143. The number of benzene rings is 2. The van der Waals surface area contributed by atoms with Gasteiger partial charge in [0.25, 0.3) is 10.0 Å². The van der Waals surface area contributed by atoms with Crippen molar-refractivity contribution in [1.29, 1.82) is 0 Å². The molecule has 1 fully saturated rings. The normalized spacial score (nSPS) is 16.8. The Hall–Kier alpha value is -4.18. The number of piperazine rings is 1. The molecule has 0 radical (unpaired) electrons. The molecule has 1 amide bonds. The van der Waals surface area contributed by atoms with E-state index in [-0.39, 0.29) is 72.4 Å². The molecule has 240 valence electrons. The van der Waals surface area contributed by atoms with E-state index in [9.17, 15) is 40.0 Å². The number of anilines is 2. The zero-order valence-electron chi connectivity index (χ0n) is 23.0. The van der Waals surface area contributed by atoms with Gasteiger partial charge >= 0.3 is 18.8 Å². The number of carboxylic acids is 1. The van der Waals surface area contributed by atoms with Gasteiger partial charge in [-0.15, -0.1) is 0 Å². The van der Waals surface area contributed by atoms with Crippen LogP contribution in [0.4, 0.5) is 33.5 Å². The van der Waals surface area contributed by atoms with E-state index < -0.39 is 51.2 Å². The first-order chi connectivity index (χ1) is 21.1. The highest BCUT2D eigenvalue weighted by molar-refractivity contribution is 7.92. The van der Waals surface area contributed by atoms with Crippen molar-refractivity contribution in [2.45, 2.75) is 36.6 Å². The molecule has 1 atom stereocenters. The van der Waals surface area contributed by atoms with Crippen LogP contribution >= 0.6 is 11.6 Å². The first-order valence-corrected chi connectivity index (χ1v) is 15.2. The summed E-state index contributed by atoms with van der Waals surface area (Å²) in [5.41, 5.74) is -0.669. The van der Waals surface area contributed by atoms with Gasteiger partial charge in [0, 0.05) is 42.8 Å². The van der Waals surface area contributed by atoms with E-state index in [1.807, 2.05) is 0 Å². The molecule has 1 saturated heterocycles. The summed E-state index contributed by atoms with van der Waals surface area (Å²) in [7, 11) is -4.66. The maximum Gasteiger partial charge on any atom is 0.416 e.